The zero-order valence-electron chi connectivity index (χ0n) is 17.6. The highest BCUT2D eigenvalue weighted by Gasteiger charge is 2.31. The van der Waals surface area contributed by atoms with Crippen LogP contribution in [-0.4, -0.2) is 30.4 Å². The molecule has 0 saturated heterocycles. The van der Waals surface area contributed by atoms with Gasteiger partial charge in [0.25, 0.3) is 5.91 Å². The topological polar surface area (TPSA) is 99.5 Å². The summed E-state index contributed by atoms with van der Waals surface area (Å²) in [4.78, 5) is 40.3. The summed E-state index contributed by atoms with van der Waals surface area (Å²) in [7, 11) is 0. The largest absolute Gasteiger partial charge is 0.449 e. The molecule has 1 aromatic heterocycles. The number of benzene rings is 1. The lowest BCUT2D eigenvalue weighted by Crippen LogP contribution is -2.40. The number of nitrogens with zero attached hydrogens (tertiary/aromatic N) is 2. The molecule has 0 saturated carbocycles. The van der Waals surface area contributed by atoms with Crippen LogP contribution in [0.5, 0.6) is 0 Å². The first-order chi connectivity index (χ1) is 14.9. The molecule has 2 amide bonds. The lowest BCUT2D eigenvalue weighted by Gasteiger charge is -2.25. The Morgan fingerprint density at radius 1 is 1.23 bits per heavy atom. The predicted octanol–water partition coefficient (Wildman–Crippen LogP) is 4.08. The van der Waals surface area contributed by atoms with Gasteiger partial charge in [-0.05, 0) is 50.3 Å². The van der Waals surface area contributed by atoms with Crippen LogP contribution in [0.15, 0.2) is 30.3 Å². The molecule has 1 aromatic carbocycles. The van der Waals surface area contributed by atoms with E-state index in [0.717, 1.165) is 36.1 Å². The van der Waals surface area contributed by atoms with Crippen LogP contribution in [-0.2, 0) is 27.2 Å². The smallest absolute Gasteiger partial charge is 0.342 e. The highest BCUT2D eigenvalue weighted by Crippen LogP contribution is 2.38. The third-order valence-electron chi connectivity index (χ3n) is 5.08. The number of para-hydroxylation sites is 1. The van der Waals surface area contributed by atoms with Crippen molar-refractivity contribution in [2.75, 3.05) is 16.8 Å². The molecule has 31 heavy (non-hydrogen) atoms. The Hall–Kier alpha value is -3.18. The van der Waals surface area contributed by atoms with E-state index in [1.165, 1.54) is 30.1 Å². The minimum absolute atomic E-state index is 0.159. The summed E-state index contributed by atoms with van der Waals surface area (Å²) in [6.07, 6.45) is 2.73. The molecule has 8 heteroatoms. The molecule has 1 aliphatic rings. The van der Waals surface area contributed by atoms with Gasteiger partial charge in [0.05, 0.1) is 18.1 Å². The molecule has 2 aromatic rings. The molecule has 0 radical (unpaired) electrons. The van der Waals surface area contributed by atoms with Gasteiger partial charge in [-0.2, -0.15) is 5.26 Å². The number of esters is 1. The van der Waals surface area contributed by atoms with E-state index in [1.54, 1.807) is 24.3 Å². The second-order valence-corrected chi connectivity index (χ2v) is 8.48. The third kappa shape index (κ3) is 5.30. The summed E-state index contributed by atoms with van der Waals surface area (Å²) in [5.41, 5.74) is 1.91. The first kappa shape index (κ1) is 22.5. The van der Waals surface area contributed by atoms with Gasteiger partial charge in [-0.25, -0.2) is 4.79 Å². The molecule has 1 atom stereocenters. The van der Waals surface area contributed by atoms with Crippen molar-refractivity contribution >= 4 is 39.8 Å². The number of carbonyl (C=O) groups excluding carboxylic acids is 3. The first-order valence-corrected chi connectivity index (χ1v) is 11.1. The number of nitrogens with one attached hydrogen (secondary N) is 1. The zero-order chi connectivity index (χ0) is 22.4. The molecule has 3 rings (SSSR count). The molecule has 1 aliphatic carbocycles. The van der Waals surface area contributed by atoms with E-state index in [4.69, 9.17) is 10.00 Å². The minimum Gasteiger partial charge on any atom is -0.449 e. The van der Waals surface area contributed by atoms with E-state index in [0.29, 0.717) is 16.3 Å². The molecule has 0 bridgehead atoms. The number of rotatable bonds is 7. The molecule has 0 spiro atoms. The minimum atomic E-state index is -1.05. The van der Waals surface area contributed by atoms with Crippen molar-refractivity contribution < 1.29 is 19.1 Å². The Bertz CT molecular complexity index is 1010. The number of anilines is 2. The summed E-state index contributed by atoms with van der Waals surface area (Å²) < 4.78 is 5.57. The van der Waals surface area contributed by atoms with Gasteiger partial charge in [-0.1, -0.05) is 18.2 Å². The van der Waals surface area contributed by atoms with E-state index in [9.17, 15) is 14.4 Å². The van der Waals surface area contributed by atoms with Crippen molar-refractivity contribution in [3.63, 3.8) is 0 Å². The maximum absolute atomic E-state index is 13.1. The van der Waals surface area contributed by atoms with Gasteiger partial charge in [0.1, 0.15) is 5.00 Å². The number of hydrogen-bond acceptors (Lipinski definition) is 6. The van der Waals surface area contributed by atoms with Crippen LogP contribution in [0.4, 0.5) is 10.7 Å². The van der Waals surface area contributed by atoms with Gasteiger partial charge in [-0.15, -0.1) is 11.3 Å². The molecule has 1 N–H and O–H groups in total. The van der Waals surface area contributed by atoms with Crippen LogP contribution in [0.2, 0.25) is 0 Å². The summed E-state index contributed by atoms with van der Waals surface area (Å²) >= 11 is 1.40. The Morgan fingerprint density at radius 2 is 1.94 bits per heavy atom. The lowest BCUT2D eigenvalue weighted by molar-refractivity contribution is -0.126. The number of hydrogen-bond donors (Lipinski definition) is 1. The third-order valence-corrected chi connectivity index (χ3v) is 6.28. The van der Waals surface area contributed by atoms with E-state index >= 15 is 0 Å². The molecule has 7 nitrogen and oxygen atoms in total. The van der Waals surface area contributed by atoms with Crippen molar-refractivity contribution in [3.05, 3.63) is 46.3 Å². The highest BCUT2D eigenvalue weighted by atomic mass is 32.1. The molecule has 1 heterocycles. The summed E-state index contributed by atoms with van der Waals surface area (Å²) in [6.45, 7) is 3.12. The van der Waals surface area contributed by atoms with Crippen LogP contribution < -0.4 is 10.2 Å². The highest BCUT2D eigenvalue weighted by molar-refractivity contribution is 7.17. The fraction of sp³-hybridized carbons (Fsp3) is 0.391. The molecular formula is C23H25N3O4S. The molecule has 1 unspecified atom stereocenters. The van der Waals surface area contributed by atoms with Crippen molar-refractivity contribution in [1.82, 2.24) is 0 Å². The van der Waals surface area contributed by atoms with Crippen LogP contribution in [0.25, 0.3) is 0 Å². The molecule has 0 fully saturated rings. The number of carbonyl (C=O) groups is 3. The van der Waals surface area contributed by atoms with Gasteiger partial charge in [0, 0.05) is 24.0 Å². The molecule has 0 aliphatic heterocycles. The number of amides is 2. The Balaban J connectivity index is 1.82. The molecule has 162 valence electrons. The van der Waals surface area contributed by atoms with E-state index in [2.05, 4.69) is 5.32 Å². The van der Waals surface area contributed by atoms with Crippen LogP contribution in [0.1, 0.15) is 53.9 Å². The van der Waals surface area contributed by atoms with Crippen molar-refractivity contribution in [3.8, 4) is 6.07 Å². The maximum atomic E-state index is 13.1. The van der Waals surface area contributed by atoms with Gasteiger partial charge < -0.3 is 15.0 Å². The Morgan fingerprint density at radius 3 is 2.61 bits per heavy atom. The Kier molecular flexibility index (Phi) is 7.42. The normalized spacial score (nSPS) is 13.5. The van der Waals surface area contributed by atoms with Crippen molar-refractivity contribution in [2.24, 2.45) is 0 Å². The zero-order valence-corrected chi connectivity index (χ0v) is 18.5. The van der Waals surface area contributed by atoms with Crippen molar-refractivity contribution in [1.29, 1.82) is 5.26 Å². The number of fused-ring (bicyclic) bond motifs is 1. The van der Waals surface area contributed by atoms with Gasteiger partial charge in [-0.3, -0.25) is 9.59 Å². The maximum Gasteiger partial charge on any atom is 0.342 e. The first-order valence-electron chi connectivity index (χ1n) is 10.3. The quantitative estimate of drug-likeness (QED) is 0.656. The van der Waals surface area contributed by atoms with E-state index in [1.807, 2.05) is 12.1 Å². The molecular weight excluding hydrogens is 414 g/mol. The number of thiophene rings is 1. The Labute approximate surface area is 185 Å². The van der Waals surface area contributed by atoms with Crippen molar-refractivity contribution in [2.45, 2.75) is 52.1 Å². The average molecular weight is 440 g/mol. The van der Waals surface area contributed by atoms with Crippen LogP contribution in [0, 0.1) is 11.3 Å². The summed E-state index contributed by atoms with van der Waals surface area (Å²) in [5.74, 6) is -1.28. The van der Waals surface area contributed by atoms with Gasteiger partial charge >= 0.3 is 5.97 Å². The second kappa shape index (κ2) is 10.2. The van der Waals surface area contributed by atoms with E-state index < -0.39 is 18.0 Å². The van der Waals surface area contributed by atoms with Gasteiger partial charge in [0.15, 0.2) is 6.10 Å². The average Bonchev–Trinajstić information content (AvgIpc) is 3.11. The van der Waals surface area contributed by atoms with Gasteiger partial charge in [0.2, 0.25) is 5.91 Å². The fourth-order valence-corrected chi connectivity index (χ4v) is 4.98. The lowest BCUT2D eigenvalue weighted by atomic mass is 9.95. The summed E-state index contributed by atoms with van der Waals surface area (Å²) in [6, 6.07) is 11.0. The number of nitriles is 1. The predicted molar refractivity (Wildman–Crippen MR) is 119 cm³/mol. The van der Waals surface area contributed by atoms with Crippen LogP contribution in [0.3, 0.4) is 0 Å². The van der Waals surface area contributed by atoms with E-state index in [-0.39, 0.29) is 18.9 Å². The number of ether oxygens (including phenoxy) is 1. The SMILES string of the molecule is CC(=O)Nc1sc2c(c1C(=O)OC(C)C(=O)N(CCC#N)c1ccccc1)CCCC2. The fourth-order valence-electron chi connectivity index (χ4n) is 3.66. The summed E-state index contributed by atoms with van der Waals surface area (Å²) in [5, 5.41) is 12.2. The number of aryl methyl sites for hydroxylation is 1. The standard InChI is InChI=1S/C23H25N3O4S/c1-15(22(28)26(14-8-13-24)17-9-4-3-5-10-17)30-23(29)20-18-11-6-7-12-19(18)31-21(20)25-16(2)27/h3-5,9-10,15H,6-8,11-12,14H2,1-2H3,(H,25,27). The second-order valence-electron chi connectivity index (χ2n) is 7.38. The van der Waals surface area contributed by atoms with Crippen LogP contribution >= 0.6 is 11.3 Å². The monoisotopic (exact) mass is 439 g/mol.